The fourth-order valence-corrected chi connectivity index (χ4v) is 6.17. The lowest BCUT2D eigenvalue weighted by Gasteiger charge is -2.40. The zero-order valence-electron chi connectivity index (χ0n) is 17.9. The number of halogens is 1. The molecule has 4 nitrogen and oxygen atoms in total. The Kier molecular flexibility index (Phi) is 7.53. The van der Waals surface area contributed by atoms with Crippen molar-refractivity contribution in [2.45, 2.75) is 62.1 Å². The first kappa shape index (κ1) is 22.8. The van der Waals surface area contributed by atoms with Gasteiger partial charge >= 0.3 is 0 Å². The Labute approximate surface area is 180 Å². The summed E-state index contributed by atoms with van der Waals surface area (Å²) in [7, 11) is -3.45. The van der Waals surface area contributed by atoms with E-state index in [0.717, 1.165) is 18.4 Å². The van der Waals surface area contributed by atoms with Crippen molar-refractivity contribution < 1.29 is 17.5 Å². The van der Waals surface area contributed by atoms with Crippen molar-refractivity contribution in [1.29, 1.82) is 0 Å². The number of rotatable bonds is 9. The van der Waals surface area contributed by atoms with E-state index in [1.807, 2.05) is 6.92 Å². The molecule has 30 heavy (non-hydrogen) atoms. The highest BCUT2D eigenvalue weighted by Gasteiger charge is 2.45. The molecule has 0 radical (unpaired) electrons. The molecule has 0 atom stereocenters. The molecular weight excluding hydrogens is 401 g/mol. The van der Waals surface area contributed by atoms with Crippen LogP contribution in [0.2, 0.25) is 0 Å². The molecule has 0 aliphatic carbocycles. The van der Waals surface area contributed by atoms with Crippen LogP contribution in [0.25, 0.3) is 0 Å². The smallest absolute Gasteiger partial charge is 0.184 e. The van der Waals surface area contributed by atoms with Gasteiger partial charge in [0.25, 0.3) is 0 Å². The van der Waals surface area contributed by atoms with E-state index in [-0.39, 0.29) is 5.82 Å². The van der Waals surface area contributed by atoms with E-state index >= 15 is 0 Å². The zero-order valence-corrected chi connectivity index (χ0v) is 18.8. The number of benzene rings is 2. The van der Waals surface area contributed by atoms with E-state index < -0.39 is 14.6 Å². The van der Waals surface area contributed by atoms with Crippen LogP contribution in [0.1, 0.15) is 51.5 Å². The van der Waals surface area contributed by atoms with Crippen LogP contribution in [0.3, 0.4) is 0 Å². The first-order valence-electron chi connectivity index (χ1n) is 10.8. The molecule has 0 bridgehead atoms. The molecule has 3 rings (SSSR count). The summed E-state index contributed by atoms with van der Waals surface area (Å²) in [5.41, 5.74) is 1.04. The summed E-state index contributed by atoms with van der Waals surface area (Å²) in [4.78, 5) is 2.63. The maximum Gasteiger partial charge on any atom is 0.184 e. The van der Waals surface area contributed by atoms with Gasteiger partial charge in [0.15, 0.2) is 9.84 Å². The third-order valence-electron chi connectivity index (χ3n) is 6.20. The summed E-state index contributed by atoms with van der Waals surface area (Å²) in [6.07, 6.45) is 3.83. The van der Waals surface area contributed by atoms with Crippen LogP contribution < -0.4 is 4.74 Å². The van der Waals surface area contributed by atoms with E-state index in [9.17, 15) is 12.8 Å². The minimum atomic E-state index is -3.45. The van der Waals surface area contributed by atoms with Gasteiger partial charge in [-0.25, -0.2) is 12.8 Å². The normalized spacial score (nSPS) is 17.0. The minimum absolute atomic E-state index is 0.240. The molecule has 1 aliphatic rings. The predicted molar refractivity (Wildman–Crippen MR) is 118 cm³/mol. The molecule has 1 fully saturated rings. The lowest BCUT2D eigenvalue weighted by molar-refractivity contribution is 0.185. The molecular formula is C24H32FNO3S. The minimum Gasteiger partial charge on any atom is -0.494 e. The Morgan fingerprint density at radius 1 is 1.00 bits per heavy atom. The molecule has 0 spiro atoms. The van der Waals surface area contributed by atoms with Crippen molar-refractivity contribution in [2.24, 2.45) is 0 Å². The summed E-state index contributed by atoms with van der Waals surface area (Å²) in [6.45, 7) is 6.85. The molecule has 2 aromatic carbocycles. The summed E-state index contributed by atoms with van der Waals surface area (Å²) in [6, 6.07) is 13.4. The number of hydrogen-bond acceptors (Lipinski definition) is 4. The maximum atomic E-state index is 13.5. The van der Waals surface area contributed by atoms with Gasteiger partial charge in [0.05, 0.1) is 16.2 Å². The van der Waals surface area contributed by atoms with Crippen LogP contribution in [-0.2, 0) is 16.4 Å². The fraction of sp³-hybridized carbons (Fsp3) is 0.500. The number of piperidine rings is 1. The Bertz CT molecular complexity index is 902. The van der Waals surface area contributed by atoms with Crippen LogP contribution in [0.15, 0.2) is 53.4 Å². The Balaban J connectivity index is 1.67. The first-order valence-corrected chi connectivity index (χ1v) is 12.3. The second-order valence-electron chi connectivity index (χ2n) is 8.12. The van der Waals surface area contributed by atoms with Gasteiger partial charge in [-0.3, -0.25) is 4.90 Å². The summed E-state index contributed by atoms with van der Waals surface area (Å²) in [5.74, 6) is 0.470. The van der Waals surface area contributed by atoms with Crippen LogP contribution >= 0.6 is 0 Å². The molecule has 0 saturated carbocycles. The Hall–Kier alpha value is -1.92. The van der Waals surface area contributed by atoms with Gasteiger partial charge in [-0.15, -0.1) is 0 Å². The number of ether oxygens (including phenoxy) is 1. The molecule has 0 N–H and O–H groups in total. The molecule has 1 saturated heterocycles. The van der Waals surface area contributed by atoms with Crippen molar-refractivity contribution in [2.75, 3.05) is 19.7 Å². The average Bonchev–Trinajstić information content (AvgIpc) is 2.76. The molecule has 0 aromatic heterocycles. The van der Waals surface area contributed by atoms with E-state index in [4.69, 9.17) is 4.74 Å². The first-order chi connectivity index (χ1) is 14.4. The van der Waals surface area contributed by atoms with Gasteiger partial charge in [0.1, 0.15) is 11.6 Å². The predicted octanol–water partition coefficient (Wildman–Crippen LogP) is 5.22. The monoisotopic (exact) mass is 433 g/mol. The van der Waals surface area contributed by atoms with Gasteiger partial charge in [-0.05, 0) is 67.6 Å². The summed E-state index contributed by atoms with van der Waals surface area (Å²) in [5, 5.41) is 0. The number of nitrogens with zero attached hydrogens (tertiary/aromatic N) is 1. The van der Waals surface area contributed by atoms with E-state index in [0.29, 0.717) is 56.1 Å². The van der Waals surface area contributed by atoms with Gasteiger partial charge in [-0.1, -0.05) is 32.4 Å². The molecule has 164 valence electrons. The zero-order chi connectivity index (χ0) is 21.6. The number of hydrogen-bond donors (Lipinski definition) is 0. The van der Waals surface area contributed by atoms with Crippen molar-refractivity contribution in [1.82, 2.24) is 4.90 Å². The molecule has 6 heteroatoms. The second kappa shape index (κ2) is 9.92. The Morgan fingerprint density at radius 2 is 1.63 bits per heavy atom. The van der Waals surface area contributed by atoms with Gasteiger partial charge in [0, 0.05) is 19.6 Å². The highest BCUT2D eigenvalue weighted by atomic mass is 32.2. The summed E-state index contributed by atoms with van der Waals surface area (Å²) >= 11 is 0. The second-order valence-corrected chi connectivity index (χ2v) is 10.5. The molecule has 1 aliphatic heterocycles. The maximum absolute atomic E-state index is 13.5. The quantitative estimate of drug-likeness (QED) is 0.509. The summed E-state index contributed by atoms with van der Waals surface area (Å²) < 4.78 is 45.1. The Morgan fingerprint density at radius 3 is 2.20 bits per heavy atom. The standard InChI is InChI=1S/C24H32FNO3S/c1-3-5-18-29-22-10-12-23(13-11-22)30(27,28)24(4-2)14-16-26(17-15-24)19-20-6-8-21(25)9-7-20/h6-13H,3-5,14-19H2,1-2H3. The SMILES string of the molecule is CCCCOc1ccc(S(=O)(=O)C2(CC)CCN(Cc3ccc(F)cc3)CC2)cc1. The third kappa shape index (κ3) is 5.03. The van der Waals surface area contributed by atoms with Crippen molar-refractivity contribution in [3.63, 3.8) is 0 Å². The lowest BCUT2D eigenvalue weighted by atomic mass is 9.93. The topological polar surface area (TPSA) is 46.6 Å². The van der Waals surface area contributed by atoms with Crippen molar-refractivity contribution >= 4 is 9.84 Å². The number of sulfone groups is 1. The van der Waals surface area contributed by atoms with Crippen LogP contribution in [-0.4, -0.2) is 37.8 Å². The van der Waals surface area contributed by atoms with Gasteiger partial charge < -0.3 is 4.74 Å². The van der Waals surface area contributed by atoms with Crippen LogP contribution in [0.5, 0.6) is 5.75 Å². The van der Waals surface area contributed by atoms with Gasteiger partial charge in [0.2, 0.25) is 0 Å². The number of unbranched alkanes of at least 4 members (excludes halogenated alkanes) is 1. The lowest BCUT2D eigenvalue weighted by Crippen LogP contribution is -2.48. The van der Waals surface area contributed by atoms with Crippen molar-refractivity contribution in [3.05, 3.63) is 59.9 Å². The highest BCUT2D eigenvalue weighted by Crippen LogP contribution is 2.38. The molecule has 0 amide bonds. The average molecular weight is 434 g/mol. The van der Waals surface area contributed by atoms with E-state index in [2.05, 4.69) is 11.8 Å². The van der Waals surface area contributed by atoms with E-state index in [1.54, 1.807) is 36.4 Å². The highest BCUT2D eigenvalue weighted by molar-refractivity contribution is 7.92. The van der Waals surface area contributed by atoms with Gasteiger partial charge in [-0.2, -0.15) is 0 Å². The van der Waals surface area contributed by atoms with E-state index in [1.165, 1.54) is 12.1 Å². The fourth-order valence-electron chi connectivity index (χ4n) is 4.08. The largest absolute Gasteiger partial charge is 0.494 e. The third-order valence-corrected chi connectivity index (χ3v) is 8.93. The number of likely N-dealkylation sites (tertiary alicyclic amines) is 1. The molecule has 2 aromatic rings. The molecule has 0 unspecified atom stereocenters. The van der Waals surface area contributed by atoms with Crippen molar-refractivity contribution in [3.8, 4) is 5.75 Å². The van der Waals surface area contributed by atoms with Crippen LogP contribution in [0, 0.1) is 5.82 Å². The molecule has 1 heterocycles. The van der Waals surface area contributed by atoms with Crippen LogP contribution in [0.4, 0.5) is 4.39 Å².